The highest BCUT2D eigenvalue weighted by Crippen LogP contribution is 2.35. The zero-order valence-electron chi connectivity index (χ0n) is 12.2. The Hall–Kier alpha value is -1.02. The molecule has 0 amide bonds. The highest BCUT2D eigenvalue weighted by atomic mass is 16.7. The van der Waals surface area contributed by atoms with Crippen molar-refractivity contribution in [3.05, 3.63) is 35.9 Å². The first-order valence-corrected chi connectivity index (χ1v) is 6.85. The van der Waals surface area contributed by atoms with Crippen molar-refractivity contribution in [2.45, 2.75) is 43.7 Å². The molecule has 0 saturated carbocycles. The number of ether oxygens (including phenoxy) is 3. The summed E-state index contributed by atoms with van der Waals surface area (Å²) in [6.45, 7) is 1.30. The first-order chi connectivity index (χ1) is 10.0. The average molecular weight is 298 g/mol. The summed E-state index contributed by atoms with van der Waals surface area (Å²) in [7, 11) is 1.40. The van der Waals surface area contributed by atoms with Gasteiger partial charge in [-0.05, 0) is 12.5 Å². The molecule has 118 valence electrons. The van der Waals surface area contributed by atoms with Crippen molar-refractivity contribution < 1.29 is 29.5 Å². The Kier molecular flexibility index (Phi) is 5.32. The molecule has 6 heteroatoms. The van der Waals surface area contributed by atoms with E-state index < -0.39 is 36.8 Å². The molecule has 1 aliphatic rings. The summed E-state index contributed by atoms with van der Waals surface area (Å²) < 4.78 is 16.3. The molecule has 1 aromatic rings. The fraction of sp³-hybridized carbons (Fsp3) is 0.600. The fourth-order valence-electron chi connectivity index (χ4n) is 2.53. The Morgan fingerprint density at radius 1 is 1.33 bits per heavy atom. The summed E-state index contributed by atoms with van der Waals surface area (Å²) in [4.78, 5) is 0. The van der Waals surface area contributed by atoms with Crippen molar-refractivity contribution in [1.82, 2.24) is 0 Å². The second-order valence-corrected chi connectivity index (χ2v) is 5.36. The van der Waals surface area contributed by atoms with E-state index >= 15 is 0 Å². The molecule has 1 aliphatic heterocycles. The van der Waals surface area contributed by atoms with Crippen LogP contribution in [0.1, 0.15) is 12.5 Å². The zero-order valence-corrected chi connectivity index (χ0v) is 12.2. The first kappa shape index (κ1) is 16.4. The van der Waals surface area contributed by atoms with Gasteiger partial charge in [-0.1, -0.05) is 30.3 Å². The molecule has 1 heterocycles. The van der Waals surface area contributed by atoms with Crippen molar-refractivity contribution in [2.24, 2.45) is 0 Å². The van der Waals surface area contributed by atoms with Crippen LogP contribution in [0.2, 0.25) is 0 Å². The normalized spacial score (nSPS) is 34.0. The molecule has 1 saturated heterocycles. The Morgan fingerprint density at radius 2 is 2.00 bits per heavy atom. The van der Waals surface area contributed by atoms with Gasteiger partial charge in [-0.2, -0.15) is 0 Å². The monoisotopic (exact) mass is 298 g/mol. The van der Waals surface area contributed by atoms with Gasteiger partial charge in [0.2, 0.25) is 0 Å². The molecular weight excluding hydrogens is 276 g/mol. The van der Waals surface area contributed by atoms with Crippen molar-refractivity contribution in [1.29, 1.82) is 0 Å². The molecule has 5 unspecified atom stereocenters. The number of aliphatic hydroxyl groups is 3. The van der Waals surface area contributed by atoms with Gasteiger partial charge in [0.25, 0.3) is 0 Å². The van der Waals surface area contributed by atoms with Crippen LogP contribution in [-0.2, 0) is 20.8 Å². The molecule has 5 atom stereocenters. The van der Waals surface area contributed by atoms with Crippen LogP contribution in [0.5, 0.6) is 0 Å². The van der Waals surface area contributed by atoms with Crippen molar-refractivity contribution >= 4 is 0 Å². The predicted molar refractivity (Wildman–Crippen MR) is 74.4 cm³/mol. The lowest BCUT2D eigenvalue weighted by atomic mass is 9.95. The number of hydrogen-bond donors (Lipinski definition) is 3. The molecule has 1 fully saturated rings. The lowest BCUT2D eigenvalue weighted by molar-refractivity contribution is -0.193. The maximum absolute atomic E-state index is 10.5. The topological polar surface area (TPSA) is 88.4 Å². The molecule has 0 aromatic heterocycles. The third-order valence-corrected chi connectivity index (χ3v) is 3.69. The molecule has 0 bridgehead atoms. The molecule has 0 radical (unpaired) electrons. The van der Waals surface area contributed by atoms with E-state index in [4.69, 9.17) is 19.3 Å². The van der Waals surface area contributed by atoms with Crippen LogP contribution in [0, 0.1) is 0 Å². The minimum atomic E-state index is -1.43. The minimum Gasteiger partial charge on any atom is -0.394 e. The quantitative estimate of drug-likeness (QED) is 0.687. The SMILES string of the molecule is COC1OC(C(O)CO)C(OCc2ccccc2)C1(C)O. The number of hydrogen-bond acceptors (Lipinski definition) is 6. The van der Waals surface area contributed by atoms with Gasteiger partial charge in [-0.3, -0.25) is 0 Å². The van der Waals surface area contributed by atoms with Gasteiger partial charge in [0, 0.05) is 7.11 Å². The Morgan fingerprint density at radius 3 is 2.57 bits per heavy atom. The summed E-state index contributed by atoms with van der Waals surface area (Å²) in [5, 5.41) is 29.5. The van der Waals surface area contributed by atoms with Crippen molar-refractivity contribution in [3.8, 4) is 0 Å². The van der Waals surface area contributed by atoms with Gasteiger partial charge in [-0.15, -0.1) is 0 Å². The Bertz CT molecular complexity index is 435. The molecule has 6 nitrogen and oxygen atoms in total. The third-order valence-electron chi connectivity index (χ3n) is 3.69. The molecule has 21 heavy (non-hydrogen) atoms. The maximum atomic E-state index is 10.5. The molecule has 2 rings (SSSR count). The predicted octanol–water partition coefficient (Wildman–Crippen LogP) is 0.0473. The number of benzene rings is 1. The number of methoxy groups -OCH3 is 1. The van der Waals surface area contributed by atoms with Gasteiger partial charge in [0.1, 0.15) is 23.9 Å². The van der Waals surface area contributed by atoms with E-state index in [9.17, 15) is 10.2 Å². The molecule has 1 aromatic carbocycles. The standard InChI is InChI=1S/C15H22O6/c1-15(18)13(20-9-10-6-4-3-5-7-10)12(11(17)8-16)21-14(15)19-2/h3-7,11-14,16-18H,8-9H2,1-2H3. The van der Waals surface area contributed by atoms with Crippen LogP contribution in [0.3, 0.4) is 0 Å². The molecule has 3 N–H and O–H groups in total. The summed E-state index contributed by atoms with van der Waals surface area (Å²) in [5.41, 5.74) is -0.490. The first-order valence-electron chi connectivity index (χ1n) is 6.85. The van der Waals surface area contributed by atoms with Crippen LogP contribution in [0.4, 0.5) is 0 Å². The Balaban J connectivity index is 2.11. The van der Waals surface area contributed by atoms with Gasteiger partial charge in [0.15, 0.2) is 6.29 Å². The van der Waals surface area contributed by atoms with E-state index in [1.54, 1.807) is 0 Å². The minimum absolute atomic E-state index is 0.260. The average Bonchev–Trinajstić information content (AvgIpc) is 2.75. The zero-order chi connectivity index (χ0) is 15.5. The van der Waals surface area contributed by atoms with Crippen LogP contribution in [0.15, 0.2) is 30.3 Å². The van der Waals surface area contributed by atoms with Gasteiger partial charge < -0.3 is 29.5 Å². The highest BCUT2D eigenvalue weighted by Gasteiger charge is 2.56. The Labute approximate surface area is 123 Å². The number of aliphatic hydroxyl groups excluding tert-OH is 2. The van der Waals surface area contributed by atoms with Gasteiger partial charge in [-0.25, -0.2) is 0 Å². The van der Waals surface area contributed by atoms with Gasteiger partial charge in [0.05, 0.1) is 13.2 Å². The summed E-state index contributed by atoms with van der Waals surface area (Å²) in [5.74, 6) is 0. The maximum Gasteiger partial charge on any atom is 0.188 e. The van der Waals surface area contributed by atoms with E-state index in [2.05, 4.69) is 0 Å². The van der Waals surface area contributed by atoms with Crippen molar-refractivity contribution in [3.63, 3.8) is 0 Å². The van der Waals surface area contributed by atoms with Gasteiger partial charge >= 0.3 is 0 Å². The third kappa shape index (κ3) is 3.42. The second kappa shape index (κ2) is 6.83. The molecular formula is C15H22O6. The lowest BCUT2D eigenvalue weighted by Gasteiger charge is -2.30. The summed E-state index contributed by atoms with van der Waals surface area (Å²) in [6.07, 6.45) is -3.76. The summed E-state index contributed by atoms with van der Waals surface area (Å²) in [6, 6.07) is 9.48. The van der Waals surface area contributed by atoms with Crippen LogP contribution < -0.4 is 0 Å². The van der Waals surface area contributed by atoms with Crippen LogP contribution in [-0.4, -0.2) is 59.2 Å². The largest absolute Gasteiger partial charge is 0.394 e. The number of rotatable bonds is 6. The summed E-state index contributed by atoms with van der Waals surface area (Å²) >= 11 is 0. The van der Waals surface area contributed by atoms with Crippen LogP contribution >= 0.6 is 0 Å². The molecule has 0 aliphatic carbocycles. The highest BCUT2D eigenvalue weighted by molar-refractivity contribution is 5.14. The lowest BCUT2D eigenvalue weighted by Crippen LogP contribution is -2.50. The fourth-order valence-corrected chi connectivity index (χ4v) is 2.53. The van der Waals surface area contributed by atoms with E-state index in [-0.39, 0.29) is 6.61 Å². The smallest absolute Gasteiger partial charge is 0.188 e. The molecule has 0 spiro atoms. The van der Waals surface area contributed by atoms with Crippen LogP contribution in [0.25, 0.3) is 0 Å². The van der Waals surface area contributed by atoms with Crippen molar-refractivity contribution in [2.75, 3.05) is 13.7 Å². The second-order valence-electron chi connectivity index (χ2n) is 5.36. The van der Waals surface area contributed by atoms with E-state index in [0.717, 1.165) is 5.56 Å². The van der Waals surface area contributed by atoms with E-state index in [1.165, 1.54) is 14.0 Å². The van der Waals surface area contributed by atoms with E-state index in [1.807, 2.05) is 30.3 Å². The van der Waals surface area contributed by atoms with E-state index in [0.29, 0.717) is 0 Å².